The van der Waals surface area contributed by atoms with Gasteiger partial charge in [0.2, 0.25) is 0 Å². The molecule has 0 aliphatic carbocycles. The zero-order chi connectivity index (χ0) is 17.5. The Hall–Kier alpha value is -3.59. The lowest BCUT2D eigenvalue weighted by atomic mass is 10.1. The highest BCUT2D eigenvalue weighted by atomic mass is 16.5. The smallest absolute Gasteiger partial charge is 0.337 e. The number of amides is 1. The van der Waals surface area contributed by atoms with Gasteiger partial charge in [0.05, 0.1) is 18.4 Å². The number of aromatic carboxylic acids is 1. The third-order valence-corrected chi connectivity index (χ3v) is 3.18. The molecule has 0 aliphatic heterocycles. The number of carboxylic acid groups (broad SMARTS) is 1. The van der Waals surface area contributed by atoms with E-state index in [-0.39, 0.29) is 16.8 Å². The minimum Gasteiger partial charge on any atom is -0.497 e. The fourth-order valence-corrected chi connectivity index (χ4v) is 2.01. The van der Waals surface area contributed by atoms with E-state index in [1.165, 1.54) is 25.3 Å². The fourth-order valence-electron chi connectivity index (χ4n) is 2.01. The Bertz CT molecular complexity index is 850. The van der Waals surface area contributed by atoms with Gasteiger partial charge in [0.25, 0.3) is 5.91 Å². The van der Waals surface area contributed by atoms with Crippen LogP contribution in [0.1, 0.15) is 15.9 Å². The average molecular weight is 322 g/mol. The molecule has 0 atom stereocenters. The van der Waals surface area contributed by atoms with E-state index in [1.54, 1.807) is 36.4 Å². The van der Waals surface area contributed by atoms with Gasteiger partial charge in [0.1, 0.15) is 17.4 Å². The minimum atomic E-state index is -1.17. The highest BCUT2D eigenvalue weighted by Gasteiger charge is 2.14. The molecule has 2 aromatic rings. The van der Waals surface area contributed by atoms with Crippen molar-refractivity contribution in [2.45, 2.75) is 0 Å². The van der Waals surface area contributed by atoms with Gasteiger partial charge in [0.15, 0.2) is 0 Å². The van der Waals surface area contributed by atoms with Crippen LogP contribution >= 0.6 is 0 Å². The van der Waals surface area contributed by atoms with E-state index in [1.807, 2.05) is 6.07 Å². The minimum absolute atomic E-state index is 0.0514. The van der Waals surface area contributed by atoms with Crippen LogP contribution in [-0.4, -0.2) is 24.1 Å². The number of nitriles is 1. The van der Waals surface area contributed by atoms with Gasteiger partial charge in [0, 0.05) is 0 Å². The molecule has 0 spiro atoms. The van der Waals surface area contributed by atoms with Crippen LogP contribution in [0, 0.1) is 11.3 Å². The number of ether oxygens (including phenoxy) is 1. The maximum absolute atomic E-state index is 12.3. The molecule has 0 saturated carbocycles. The van der Waals surface area contributed by atoms with Crippen LogP contribution in [0.3, 0.4) is 0 Å². The van der Waals surface area contributed by atoms with Crippen LogP contribution in [0.4, 0.5) is 5.69 Å². The van der Waals surface area contributed by atoms with Gasteiger partial charge in [-0.1, -0.05) is 24.3 Å². The normalized spacial score (nSPS) is 10.6. The first-order chi connectivity index (χ1) is 11.5. The molecule has 0 bridgehead atoms. The third-order valence-electron chi connectivity index (χ3n) is 3.18. The lowest BCUT2D eigenvalue weighted by Crippen LogP contribution is -2.16. The van der Waals surface area contributed by atoms with E-state index in [2.05, 4.69) is 5.32 Å². The van der Waals surface area contributed by atoms with Gasteiger partial charge in [-0.3, -0.25) is 4.79 Å². The zero-order valence-electron chi connectivity index (χ0n) is 12.8. The highest BCUT2D eigenvalue weighted by Crippen LogP contribution is 2.18. The van der Waals surface area contributed by atoms with E-state index in [4.69, 9.17) is 9.84 Å². The Morgan fingerprint density at radius 3 is 2.62 bits per heavy atom. The number of benzene rings is 2. The van der Waals surface area contributed by atoms with Gasteiger partial charge in [-0.2, -0.15) is 5.26 Å². The summed E-state index contributed by atoms with van der Waals surface area (Å²) in [6.07, 6.45) is 1.40. The standard InChI is InChI=1S/C18H14N2O4/c1-24-14-6-4-5-12(10-14)9-13(11-19)17(21)20-16-8-3-2-7-15(16)18(22)23/h2-10H,1H3,(H,20,21)(H,22,23)/b13-9-. The Morgan fingerprint density at radius 1 is 1.21 bits per heavy atom. The molecular weight excluding hydrogens is 308 g/mol. The van der Waals surface area contributed by atoms with Crippen molar-refractivity contribution < 1.29 is 19.4 Å². The largest absolute Gasteiger partial charge is 0.497 e. The molecule has 120 valence electrons. The molecule has 0 aromatic heterocycles. The molecule has 6 heteroatoms. The molecule has 2 N–H and O–H groups in total. The number of hydrogen-bond donors (Lipinski definition) is 2. The van der Waals surface area contributed by atoms with Crippen molar-refractivity contribution in [2.24, 2.45) is 0 Å². The van der Waals surface area contributed by atoms with Crippen molar-refractivity contribution in [1.82, 2.24) is 0 Å². The quantitative estimate of drug-likeness (QED) is 0.651. The third kappa shape index (κ3) is 3.99. The van der Waals surface area contributed by atoms with Crippen molar-refractivity contribution in [3.63, 3.8) is 0 Å². The van der Waals surface area contributed by atoms with E-state index >= 15 is 0 Å². The molecule has 0 unspecified atom stereocenters. The molecular formula is C18H14N2O4. The summed E-state index contributed by atoms with van der Waals surface area (Å²) < 4.78 is 5.09. The van der Waals surface area contributed by atoms with Crippen LogP contribution in [0.5, 0.6) is 5.75 Å². The Kier molecular flexibility index (Phi) is 5.32. The summed E-state index contributed by atoms with van der Waals surface area (Å²) in [4.78, 5) is 23.4. The van der Waals surface area contributed by atoms with Crippen LogP contribution < -0.4 is 10.1 Å². The van der Waals surface area contributed by atoms with Gasteiger partial charge in [-0.25, -0.2) is 4.79 Å². The second-order valence-electron chi connectivity index (χ2n) is 4.75. The topological polar surface area (TPSA) is 99.4 Å². The van der Waals surface area contributed by atoms with Crippen molar-refractivity contribution in [2.75, 3.05) is 12.4 Å². The molecule has 0 radical (unpaired) electrons. The number of carbonyl (C=O) groups excluding carboxylic acids is 1. The molecule has 0 saturated heterocycles. The van der Waals surface area contributed by atoms with Crippen LogP contribution in [-0.2, 0) is 4.79 Å². The van der Waals surface area contributed by atoms with Crippen molar-refractivity contribution in [3.8, 4) is 11.8 Å². The summed E-state index contributed by atoms with van der Waals surface area (Å²) in [6, 6.07) is 14.7. The van der Waals surface area contributed by atoms with Gasteiger partial charge >= 0.3 is 5.97 Å². The number of carboxylic acids is 1. The summed E-state index contributed by atoms with van der Waals surface area (Å²) in [5, 5.41) is 20.8. The molecule has 6 nitrogen and oxygen atoms in total. The number of nitrogens with one attached hydrogen (secondary N) is 1. The number of para-hydroxylation sites is 1. The SMILES string of the molecule is COc1cccc(/C=C(/C#N)C(=O)Nc2ccccc2C(=O)O)c1. The Balaban J connectivity index is 2.28. The summed E-state index contributed by atoms with van der Waals surface area (Å²) in [5.41, 5.74) is 0.544. The Labute approximate surface area is 138 Å². The molecule has 0 fully saturated rings. The van der Waals surface area contributed by atoms with Crippen molar-refractivity contribution >= 4 is 23.6 Å². The zero-order valence-corrected chi connectivity index (χ0v) is 12.8. The van der Waals surface area contributed by atoms with Gasteiger partial charge in [-0.05, 0) is 35.9 Å². The van der Waals surface area contributed by atoms with Crippen molar-refractivity contribution in [1.29, 1.82) is 5.26 Å². The van der Waals surface area contributed by atoms with Crippen molar-refractivity contribution in [3.05, 3.63) is 65.2 Å². The summed E-state index contributed by atoms with van der Waals surface area (Å²) in [7, 11) is 1.52. The lowest BCUT2D eigenvalue weighted by molar-refractivity contribution is -0.112. The molecule has 0 heterocycles. The van der Waals surface area contributed by atoms with E-state index in [0.29, 0.717) is 11.3 Å². The maximum atomic E-state index is 12.3. The average Bonchev–Trinajstić information content (AvgIpc) is 2.60. The molecule has 2 aromatic carbocycles. The second-order valence-corrected chi connectivity index (χ2v) is 4.75. The molecule has 24 heavy (non-hydrogen) atoms. The van der Waals surface area contributed by atoms with Gasteiger partial charge in [-0.15, -0.1) is 0 Å². The summed E-state index contributed by atoms with van der Waals surface area (Å²) in [6.45, 7) is 0. The first-order valence-electron chi connectivity index (χ1n) is 6.94. The van der Waals surface area contributed by atoms with E-state index < -0.39 is 11.9 Å². The molecule has 1 amide bonds. The summed E-state index contributed by atoms with van der Waals surface area (Å²) >= 11 is 0. The molecule has 0 aliphatic rings. The predicted molar refractivity (Wildman–Crippen MR) is 88.6 cm³/mol. The lowest BCUT2D eigenvalue weighted by Gasteiger charge is -2.07. The number of carbonyl (C=O) groups is 2. The Morgan fingerprint density at radius 2 is 1.96 bits per heavy atom. The predicted octanol–water partition coefficient (Wildman–Crippen LogP) is 2.94. The monoisotopic (exact) mass is 322 g/mol. The van der Waals surface area contributed by atoms with Crippen LogP contribution in [0.25, 0.3) is 6.08 Å². The van der Waals surface area contributed by atoms with E-state index in [0.717, 1.165) is 0 Å². The number of nitrogens with zero attached hydrogens (tertiary/aromatic N) is 1. The number of methoxy groups -OCH3 is 1. The number of hydrogen-bond acceptors (Lipinski definition) is 4. The van der Waals surface area contributed by atoms with Crippen LogP contribution in [0.15, 0.2) is 54.1 Å². The van der Waals surface area contributed by atoms with Crippen LogP contribution in [0.2, 0.25) is 0 Å². The second kappa shape index (κ2) is 7.61. The number of rotatable bonds is 5. The maximum Gasteiger partial charge on any atom is 0.337 e. The first kappa shape index (κ1) is 16.8. The fraction of sp³-hybridized carbons (Fsp3) is 0.0556. The molecule has 2 rings (SSSR count). The number of anilines is 1. The van der Waals surface area contributed by atoms with Gasteiger partial charge < -0.3 is 15.2 Å². The highest BCUT2D eigenvalue weighted by molar-refractivity contribution is 6.11. The van der Waals surface area contributed by atoms with E-state index in [9.17, 15) is 14.9 Å². The first-order valence-corrected chi connectivity index (χ1v) is 6.94. The summed E-state index contributed by atoms with van der Waals surface area (Å²) in [5.74, 6) is -1.26.